The summed E-state index contributed by atoms with van der Waals surface area (Å²) in [7, 11) is 0. The predicted octanol–water partition coefficient (Wildman–Crippen LogP) is 2.81. The number of amides is 1. The highest BCUT2D eigenvalue weighted by molar-refractivity contribution is 5.82. The van der Waals surface area contributed by atoms with E-state index in [2.05, 4.69) is 25.6 Å². The molecule has 3 heterocycles. The number of nitrogens with zero attached hydrogens (tertiary/aromatic N) is 4. The van der Waals surface area contributed by atoms with Crippen molar-refractivity contribution in [2.24, 2.45) is 0 Å². The second-order valence-corrected chi connectivity index (χ2v) is 6.86. The van der Waals surface area contributed by atoms with Gasteiger partial charge in [0.25, 0.3) is 0 Å². The Morgan fingerprint density at radius 3 is 2.69 bits per heavy atom. The molecule has 1 atom stereocenters. The standard InChI is InChI=1S/C19H19F3N6O/c1-12-17(29)23-9-10-27(12)11-15-3-2-4-16-25-18(26-28(15)16)24-14-7-5-13(6-8-14)19(20,21)22/h2-8,12H,9-11H2,1H3,(H,23,29)(H,24,26)/t12-/m1/s1. The van der Waals surface area contributed by atoms with Gasteiger partial charge in [-0.3, -0.25) is 9.69 Å². The minimum absolute atomic E-state index is 0.00771. The molecule has 1 aromatic carbocycles. The van der Waals surface area contributed by atoms with Crippen LogP contribution in [0.5, 0.6) is 0 Å². The molecular weight excluding hydrogens is 385 g/mol. The van der Waals surface area contributed by atoms with Crippen molar-refractivity contribution >= 4 is 23.2 Å². The van der Waals surface area contributed by atoms with Crippen molar-refractivity contribution in [1.29, 1.82) is 0 Å². The van der Waals surface area contributed by atoms with E-state index < -0.39 is 11.7 Å². The van der Waals surface area contributed by atoms with Crippen molar-refractivity contribution in [3.63, 3.8) is 0 Å². The van der Waals surface area contributed by atoms with Crippen molar-refractivity contribution in [3.05, 3.63) is 53.7 Å². The van der Waals surface area contributed by atoms with E-state index in [1.54, 1.807) is 10.6 Å². The molecule has 0 bridgehead atoms. The molecule has 1 amide bonds. The van der Waals surface area contributed by atoms with Crippen LogP contribution in [-0.2, 0) is 17.5 Å². The van der Waals surface area contributed by atoms with E-state index >= 15 is 0 Å². The Kier molecular flexibility index (Phi) is 4.87. The fourth-order valence-electron chi connectivity index (χ4n) is 3.26. The van der Waals surface area contributed by atoms with Gasteiger partial charge in [0.1, 0.15) is 0 Å². The number of carbonyl (C=O) groups excluding carboxylic acids is 1. The van der Waals surface area contributed by atoms with E-state index in [1.165, 1.54) is 12.1 Å². The van der Waals surface area contributed by atoms with E-state index in [-0.39, 0.29) is 17.9 Å². The minimum atomic E-state index is -4.38. The lowest BCUT2D eigenvalue weighted by Crippen LogP contribution is -2.53. The van der Waals surface area contributed by atoms with Crippen LogP contribution in [0.2, 0.25) is 0 Å². The van der Waals surface area contributed by atoms with Crippen molar-refractivity contribution < 1.29 is 18.0 Å². The second-order valence-electron chi connectivity index (χ2n) is 6.86. The fourth-order valence-corrected chi connectivity index (χ4v) is 3.26. The summed E-state index contributed by atoms with van der Waals surface area (Å²) in [5.41, 5.74) is 1.20. The number of fused-ring (bicyclic) bond motifs is 1. The number of alkyl halides is 3. The van der Waals surface area contributed by atoms with Gasteiger partial charge >= 0.3 is 6.18 Å². The summed E-state index contributed by atoms with van der Waals surface area (Å²) in [5, 5.41) is 10.2. The lowest BCUT2D eigenvalue weighted by atomic mass is 10.2. The van der Waals surface area contributed by atoms with Crippen LogP contribution in [0.15, 0.2) is 42.5 Å². The topological polar surface area (TPSA) is 74.6 Å². The Balaban J connectivity index is 1.55. The highest BCUT2D eigenvalue weighted by atomic mass is 19.4. The number of benzene rings is 1. The average Bonchev–Trinajstić information content (AvgIpc) is 3.08. The maximum absolute atomic E-state index is 12.7. The number of aromatic nitrogens is 3. The zero-order valence-corrected chi connectivity index (χ0v) is 15.6. The van der Waals surface area contributed by atoms with Crippen LogP contribution in [0.25, 0.3) is 5.65 Å². The van der Waals surface area contributed by atoms with Crippen LogP contribution in [0.3, 0.4) is 0 Å². The van der Waals surface area contributed by atoms with Gasteiger partial charge in [-0.25, -0.2) is 4.52 Å². The molecule has 152 valence electrons. The van der Waals surface area contributed by atoms with Crippen molar-refractivity contribution in [1.82, 2.24) is 24.8 Å². The van der Waals surface area contributed by atoms with Gasteiger partial charge < -0.3 is 10.6 Å². The third-order valence-corrected chi connectivity index (χ3v) is 4.90. The van der Waals surface area contributed by atoms with Gasteiger partial charge in [0.15, 0.2) is 5.65 Å². The number of carbonyl (C=O) groups is 1. The maximum Gasteiger partial charge on any atom is 0.416 e. The molecule has 4 rings (SSSR count). The quantitative estimate of drug-likeness (QED) is 0.700. The zero-order chi connectivity index (χ0) is 20.6. The smallest absolute Gasteiger partial charge is 0.353 e. The van der Waals surface area contributed by atoms with Gasteiger partial charge in [0, 0.05) is 25.3 Å². The van der Waals surface area contributed by atoms with Crippen LogP contribution in [0.4, 0.5) is 24.8 Å². The third kappa shape index (κ3) is 4.02. The molecule has 3 aromatic rings. The molecule has 2 aromatic heterocycles. The molecule has 0 radical (unpaired) electrons. The average molecular weight is 404 g/mol. The molecule has 0 aliphatic carbocycles. The number of rotatable bonds is 4. The van der Waals surface area contributed by atoms with Crippen LogP contribution >= 0.6 is 0 Å². The van der Waals surface area contributed by atoms with E-state index in [1.807, 2.05) is 19.1 Å². The number of halogens is 3. The summed E-state index contributed by atoms with van der Waals surface area (Å²) in [5.74, 6) is 0.272. The Bertz CT molecular complexity index is 1030. The summed E-state index contributed by atoms with van der Waals surface area (Å²) < 4.78 is 39.8. The minimum Gasteiger partial charge on any atom is -0.353 e. The van der Waals surface area contributed by atoms with Gasteiger partial charge in [-0.1, -0.05) is 6.07 Å². The largest absolute Gasteiger partial charge is 0.416 e. The number of nitrogens with one attached hydrogen (secondary N) is 2. The molecule has 29 heavy (non-hydrogen) atoms. The monoisotopic (exact) mass is 404 g/mol. The van der Waals surface area contributed by atoms with Gasteiger partial charge in [-0.15, -0.1) is 5.10 Å². The normalized spacial score (nSPS) is 18.1. The molecule has 0 spiro atoms. The second kappa shape index (κ2) is 7.36. The zero-order valence-electron chi connectivity index (χ0n) is 15.6. The molecule has 1 aliphatic rings. The summed E-state index contributed by atoms with van der Waals surface area (Å²) in [4.78, 5) is 18.3. The molecular formula is C19H19F3N6O. The molecule has 1 aliphatic heterocycles. The summed E-state index contributed by atoms with van der Waals surface area (Å²) in [6, 6.07) is 10.00. The van der Waals surface area contributed by atoms with Crippen molar-refractivity contribution in [2.75, 3.05) is 18.4 Å². The third-order valence-electron chi connectivity index (χ3n) is 4.90. The SMILES string of the molecule is C[C@@H]1C(=O)NCCN1Cc1cccc2nc(Nc3ccc(C(F)(F)F)cc3)nn12. The van der Waals surface area contributed by atoms with E-state index in [0.29, 0.717) is 24.4 Å². The molecule has 7 nitrogen and oxygen atoms in total. The summed E-state index contributed by atoms with van der Waals surface area (Å²) in [6.07, 6.45) is -4.38. The molecule has 0 unspecified atom stereocenters. The fraction of sp³-hybridized carbons (Fsp3) is 0.316. The summed E-state index contributed by atoms with van der Waals surface area (Å²) in [6.45, 7) is 3.70. The molecule has 0 saturated carbocycles. The van der Waals surface area contributed by atoms with Crippen molar-refractivity contribution in [2.45, 2.75) is 25.7 Å². The lowest BCUT2D eigenvalue weighted by Gasteiger charge is -2.32. The van der Waals surface area contributed by atoms with Crippen LogP contribution in [0.1, 0.15) is 18.2 Å². The Hall–Kier alpha value is -3.14. The first-order chi connectivity index (χ1) is 13.8. The first-order valence-corrected chi connectivity index (χ1v) is 9.12. The van der Waals surface area contributed by atoms with Gasteiger partial charge in [0.05, 0.1) is 17.3 Å². The highest BCUT2D eigenvalue weighted by Gasteiger charge is 2.30. The van der Waals surface area contributed by atoms with Crippen LogP contribution < -0.4 is 10.6 Å². The lowest BCUT2D eigenvalue weighted by molar-refractivity contribution is -0.137. The Morgan fingerprint density at radius 1 is 1.21 bits per heavy atom. The van der Waals surface area contributed by atoms with Crippen molar-refractivity contribution in [3.8, 4) is 0 Å². The highest BCUT2D eigenvalue weighted by Crippen LogP contribution is 2.30. The number of anilines is 2. The molecule has 2 N–H and O–H groups in total. The maximum atomic E-state index is 12.7. The van der Waals surface area contributed by atoms with E-state index in [0.717, 1.165) is 24.4 Å². The van der Waals surface area contributed by atoms with E-state index in [9.17, 15) is 18.0 Å². The first kappa shape index (κ1) is 19.2. The number of piperazine rings is 1. The first-order valence-electron chi connectivity index (χ1n) is 9.12. The molecule has 10 heteroatoms. The van der Waals surface area contributed by atoms with Gasteiger partial charge in [-0.05, 0) is 43.3 Å². The van der Waals surface area contributed by atoms with Gasteiger partial charge in [0.2, 0.25) is 11.9 Å². The molecule has 1 saturated heterocycles. The number of pyridine rings is 1. The number of hydrogen-bond donors (Lipinski definition) is 2. The van der Waals surface area contributed by atoms with E-state index in [4.69, 9.17) is 0 Å². The van der Waals surface area contributed by atoms with Crippen LogP contribution in [0, 0.1) is 0 Å². The molecule has 1 fully saturated rings. The summed E-state index contributed by atoms with van der Waals surface area (Å²) >= 11 is 0. The predicted molar refractivity (Wildman–Crippen MR) is 101 cm³/mol. The number of hydrogen-bond acceptors (Lipinski definition) is 5. The Morgan fingerprint density at radius 2 is 1.97 bits per heavy atom. The van der Waals surface area contributed by atoms with Crippen LogP contribution in [-0.4, -0.2) is 44.5 Å². The van der Waals surface area contributed by atoms with Gasteiger partial charge in [-0.2, -0.15) is 18.2 Å². The Labute approximate surface area is 164 Å².